The SMILES string of the molecule is Cc1ccccc1OCCCCn1c(CCCCCNC(=O)COc2ccccc2)nc2ccccc21. The molecule has 0 unspecified atom stereocenters. The highest BCUT2D eigenvalue weighted by atomic mass is 16.5. The van der Waals surface area contributed by atoms with Gasteiger partial charge in [-0.25, -0.2) is 4.98 Å². The van der Waals surface area contributed by atoms with Crippen LogP contribution in [0.3, 0.4) is 0 Å². The van der Waals surface area contributed by atoms with Crippen molar-refractivity contribution in [3.05, 3.63) is 90.3 Å². The first-order valence-electron chi connectivity index (χ1n) is 13.3. The van der Waals surface area contributed by atoms with Crippen molar-refractivity contribution in [3.8, 4) is 11.5 Å². The van der Waals surface area contributed by atoms with Crippen molar-refractivity contribution in [1.82, 2.24) is 14.9 Å². The van der Waals surface area contributed by atoms with Crippen molar-refractivity contribution in [2.24, 2.45) is 0 Å². The highest BCUT2D eigenvalue weighted by Crippen LogP contribution is 2.20. The molecule has 0 aliphatic rings. The Morgan fingerprint density at radius 1 is 0.838 bits per heavy atom. The van der Waals surface area contributed by atoms with Gasteiger partial charge in [0.2, 0.25) is 0 Å². The normalized spacial score (nSPS) is 10.9. The van der Waals surface area contributed by atoms with Crippen LogP contribution >= 0.6 is 0 Å². The van der Waals surface area contributed by atoms with Gasteiger partial charge in [-0.05, 0) is 68.5 Å². The molecular formula is C31H37N3O3. The molecule has 3 aromatic carbocycles. The molecule has 0 aliphatic carbocycles. The minimum absolute atomic E-state index is 0.0457. The fourth-order valence-electron chi connectivity index (χ4n) is 4.37. The van der Waals surface area contributed by atoms with Crippen LogP contribution in [0.25, 0.3) is 11.0 Å². The molecule has 6 heteroatoms. The number of unbranched alkanes of at least 4 members (excludes halogenated alkanes) is 3. The number of hydrogen-bond donors (Lipinski definition) is 1. The van der Waals surface area contributed by atoms with Gasteiger partial charge in [0.05, 0.1) is 17.6 Å². The van der Waals surface area contributed by atoms with E-state index >= 15 is 0 Å². The number of imidazole rings is 1. The van der Waals surface area contributed by atoms with E-state index in [1.165, 1.54) is 11.1 Å². The molecule has 1 N–H and O–H groups in total. The summed E-state index contributed by atoms with van der Waals surface area (Å²) in [6.45, 7) is 4.44. The smallest absolute Gasteiger partial charge is 0.257 e. The van der Waals surface area contributed by atoms with E-state index < -0.39 is 0 Å². The van der Waals surface area contributed by atoms with Crippen LogP contribution < -0.4 is 14.8 Å². The molecule has 1 amide bonds. The second-order valence-electron chi connectivity index (χ2n) is 9.25. The lowest BCUT2D eigenvalue weighted by Gasteiger charge is -2.11. The molecule has 1 aromatic heterocycles. The van der Waals surface area contributed by atoms with Crippen LogP contribution in [0.2, 0.25) is 0 Å². The van der Waals surface area contributed by atoms with Gasteiger partial charge >= 0.3 is 0 Å². The first-order valence-corrected chi connectivity index (χ1v) is 13.3. The van der Waals surface area contributed by atoms with Crippen LogP contribution in [0.4, 0.5) is 0 Å². The molecule has 1 heterocycles. The molecule has 0 radical (unpaired) electrons. The Kier molecular flexibility index (Phi) is 9.99. The van der Waals surface area contributed by atoms with Crippen LogP contribution in [0, 0.1) is 6.92 Å². The number of para-hydroxylation sites is 4. The Morgan fingerprint density at radius 2 is 1.62 bits per heavy atom. The first kappa shape index (κ1) is 26.3. The Balaban J connectivity index is 1.17. The maximum atomic E-state index is 12.0. The van der Waals surface area contributed by atoms with Crippen molar-refractivity contribution < 1.29 is 14.3 Å². The average Bonchev–Trinajstić information content (AvgIpc) is 3.28. The van der Waals surface area contributed by atoms with E-state index in [1.807, 2.05) is 54.6 Å². The minimum atomic E-state index is -0.0861. The second-order valence-corrected chi connectivity index (χ2v) is 9.25. The highest BCUT2D eigenvalue weighted by Gasteiger charge is 2.10. The summed E-state index contributed by atoms with van der Waals surface area (Å²) in [7, 11) is 0. The lowest BCUT2D eigenvalue weighted by Crippen LogP contribution is -2.29. The molecule has 0 bridgehead atoms. The van der Waals surface area contributed by atoms with Crippen molar-refractivity contribution in [2.75, 3.05) is 19.8 Å². The van der Waals surface area contributed by atoms with Gasteiger partial charge in [-0.15, -0.1) is 0 Å². The predicted octanol–water partition coefficient (Wildman–Crippen LogP) is 6.11. The number of hydrogen-bond acceptors (Lipinski definition) is 4. The zero-order chi connectivity index (χ0) is 25.7. The molecule has 4 aromatic rings. The van der Waals surface area contributed by atoms with Crippen LogP contribution in [0.1, 0.15) is 43.5 Å². The van der Waals surface area contributed by atoms with Crippen molar-refractivity contribution in [3.63, 3.8) is 0 Å². The quantitative estimate of drug-likeness (QED) is 0.200. The van der Waals surface area contributed by atoms with Crippen molar-refractivity contribution in [1.29, 1.82) is 0 Å². The summed E-state index contributed by atoms with van der Waals surface area (Å²) in [6, 6.07) is 25.9. The molecule has 4 rings (SSSR count). The number of carbonyl (C=O) groups excluding carboxylic acids is 1. The number of fused-ring (bicyclic) bond motifs is 1. The summed E-state index contributed by atoms with van der Waals surface area (Å²) in [4.78, 5) is 16.9. The summed E-state index contributed by atoms with van der Waals surface area (Å²) < 4.78 is 13.8. The molecule has 0 fully saturated rings. The van der Waals surface area contributed by atoms with Gasteiger partial charge in [0, 0.05) is 19.5 Å². The number of amides is 1. The fraction of sp³-hybridized carbons (Fsp3) is 0.355. The Morgan fingerprint density at radius 3 is 2.49 bits per heavy atom. The lowest BCUT2D eigenvalue weighted by atomic mass is 10.2. The summed E-state index contributed by atoms with van der Waals surface area (Å²) in [5, 5.41) is 2.94. The molecule has 0 atom stereocenters. The van der Waals surface area contributed by atoms with Crippen LogP contribution in [0.5, 0.6) is 11.5 Å². The summed E-state index contributed by atoms with van der Waals surface area (Å²) in [5.74, 6) is 2.73. The highest BCUT2D eigenvalue weighted by molar-refractivity contribution is 5.77. The zero-order valence-corrected chi connectivity index (χ0v) is 21.7. The van der Waals surface area contributed by atoms with Gasteiger partial charge in [0.1, 0.15) is 17.3 Å². The molecule has 6 nitrogen and oxygen atoms in total. The number of rotatable bonds is 15. The predicted molar refractivity (Wildman–Crippen MR) is 148 cm³/mol. The number of aryl methyl sites for hydroxylation is 3. The number of nitrogens with zero attached hydrogens (tertiary/aromatic N) is 2. The number of nitrogens with one attached hydrogen (secondary N) is 1. The maximum Gasteiger partial charge on any atom is 0.257 e. The largest absolute Gasteiger partial charge is 0.493 e. The molecule has 0 saturated heterocycles. The standard InChI is InChI=1S/C31H37N3O3/c1-25-14-7-10-19-29(25)36-23-13-12-22-34-28-18-9-8-17-27(28)33-30(34)20-6-3-11-21-32-31(35)24-37-26-15-4-2-5-16-26/h2,4-5,7-10,14-19H,3,6,11-13,20-24H2,1H3,(H,32,35). The summed E-state index contributed by atoms with van der Waals surface area (Å²) in [6.07, 6.45) is 5.97. The minimum Gasteiger partial charge on any atom is -0.493 e. The van der Waals surface area contributed by atoms with E-state index in [9.17, 15) is 4.79 Å². The number of aromatic nitrogens is 2. The van der Waals surface area contributed by atoms with Gasteiger partial charge in [-0.1, -0.05) is 55.0 Å². The third kappa shape index (κ3) is 8.10. The molecule has 0 aliphatic heterocycles. The van der Waals surface area contributed by atoms with Gasteiger partial charge in [0.15, 0.2) is 6.61 Å². The summed E-state index contributed by atoms with van der Waals surface area (Å²) in [5.41, 5.74) is 3.42. The van der Waals surface area contributed by atoms with Crippen LogP contribution in [-0.2, 0) is 17.8 Å². The van der Waals surface area contributed by atoms with E-state index in [2.05, 4.69) is 41.1 Å². The number of benzene rings is 3. The van der Waals surface area contributed by atoms with E-state index in [-0.39, 0.29) is 12.5 Å². The van der Waals surface area contributed by atoms with E-state index in [0.717, 1.165) is 68.8 Å². The third-order valence-electron chi connectivity index (χ3n) is 6.37. The van der Waals surface area contributed by atoms with Gasteiger partial charge in [-0.2, -0.15) is 0 Å². The molecule has 0 saturated carbocycles. The lowest BCUT2D eigenvalue weighted by molar-refractivity contribution is -0.123. The van der Waals surface area contributed by atoms with Crippen LogP contribution in [-0.4, -0.2) is 35.2 Å². The Bertz CT molecular complexity index is 1250. The van der Waals surface area contributed by atoms with Gasteiger partial charge in [-0.3, -0.25) is 4.79 Å². The Labute approximate surface area is 219 Å². The number of carbonyl (C=O) groups is 1. The molecule has 0 spiro atoms. The Hall–Kier alpha value is -3.80. The number of ether oxygens (including phenoxy) is 2. The zero-order valence-electron chi connectivity index (χ0n) is 21.7. The van der Waals surface area contributed by atoms with Gasteiger partial charge < -0.3 is 19.4 Å². The van der Waals surface area contributed by atoms with Crippen molar-refractivity contribution >= 4 is 16.9 Å². The van der Waals surface area contributed by atoms with E-state index in [0.29, 0.717) is 12.3 Å². The third-order valence-corrected chi connectivity index (χ3v) is 6.37. The van der Waals surface area contributed by atoms with Gasteiger partial charge in [0.25, 0.3) is 5.91 Å². The van der Waals surface area contributed by atoms with Crippen molar-refractivity contribution in [2.45, 2.75) is 52.0 Å². The molecule has 37 heavy (non-hydrogen) atoms. The topological polar surface area (TPSA) is 65.4 Å². The van der Waals surface area contributed by atoms with Crippen LogP contribution in [0.15, 0.2) is 78.9 Å². The monoisotopic (exact) mass is 499 g/mol. The molecule has 194 valence electrons. The first-order chi connectivity index (χ1) is 18.2. The maximum absolute atomic E-state index is 12.0. The molecular weight excluding hydrogens is 462 g/mol. The van der Waals surface area contributed by atoms with E-state index in [4.69, 9.17) is 14.5 Å². The summed E-state index contributed by atoms with van der Waals surface area (Å²) >= 11 is 0. The van der Waals surface area contributed by atoms with E-state index in [1.54, 1.807) is 0 Å². The second kappa shape index (κ2) is 14.1. The fourth-order valence-corrected chi connectivity index (χ4v) is 4.37. The average molecular weight is 500 g/mol.